The van der Waals surface area contributed by atoms with Gasteiger partial charge in [-0.25, -0.2) is 0 Å². The highest BCUT2D eigenvalue weighted by molar-refractivity contribution is 5.85. The molecule has 1 aliphatic carbocycles. The van der Waals surface area contributed by atoms with Crippen molar-refractivity contribution in [3.8, 4) is 0 Å². The van der Waals surface area contributed by atoms with Crippen LogP contribution in [-0.2, 0) is 5.41 Å². The third-order valence-corrected chi connectivity index (χ3v) is 2.57. The molecule has 1 nitrogen and oxygen atoms in total. The number of nitrogens with zero attached hydrogens (tertiary/aromatic N) is 1. The molecule has 2 rings (SSSR count). The molecular formula is C10H11N. The lowest BCUT2D eigenvalue weighted by Crippen LogP contribution is -2.30. The van der Waals surface area contributed by atoms with Gasteiger partial charge in [-0.2, -0.15) is 0 Å². The molecule has 0 saturated heterocycles. The van der Waals surface area contributed by atoms with Crippen molar-refractivity contribution in [2.45, 2.75) is 19.3 Å². The standard InChI is InChI=1S/C10H11N/c1-7-8-4-5-11-6-9(8)10(7,2)3/h4-6H,1H2,2-3H3. The van der Waals surface area contributed by atoms with Crippen LogP contribution in [0.3, 0.4) is 0 Å². The van der Waals surface area contributed by atoms with E-state index in [1.165, 1.54) is 16.7 Å². The monoisotopic (exact) mass is 145 g/mol. The van der Waals surface area contributed by atoms with Gasteiger partial charge in [-0.15, -0.1) is 0 Å². The van der Waals surface area contributed by atoms with Gasteiger partial charge in [-0.05, 0) is 22.8 Å². The Hall–Kier alpha value is -1.11. The van der Waals surface area contributed by atoms with E-state index in [2.05, 4.69) is 25.4 Å². The van der Waals surface area contributed by atoms with Crippen molar-refractivity contribution in [3.05, 3.63) is 36.2 Å². The molecule has 11 heavy (non-hydrogen) atoms. The second-order valence-corrected chi connectivity index (χ2v) is 3.52. The van der Waals surface area contributed by atoms with Gasteiger partial charge < -0.3 is 0 Å². The maximum absolute atomic E-state index is 4.09. The van der Waals surface area contributed by atoms with E-state index in [0.29, 0.717) is 0 Å². The van der Waals surface area contributed by atoms with Crippen molar-refractivity contribution in [2.75, 3.05) is 0 Å². The quantitative estimate of drug-likeness (QED) is 0.546. The third-order valence-electron chi connectivity index (χ3n) is 2.57. The van der Waals surface area contributed by atoms with Crippen LogP contribution in [0.4, 0.5) is 0 Å². The first kappa shape index (κ1) is 6.59. The summed E-state index contributed by atoms with van der Waals surface area (Å²) in [7, 11) is 0. The van der Waals surface area contributed by atoms with E-state index in [1.807, 2.05) is 18.5 Å². The summed E-state index contributed by atoms with van der Waals surface area (Å²) in [6.07, 6.45) is 3.75. The number of rotatable bonds is 0. The zero-order valence-corrected chi connectivity index (χ0v) is 6.89. The number of aromatic nitrogens is 1. The number of fused-ring (bicyclic) bond motifs is 1. The average Bonchev–Trinajstić information content (AvgIpc) is 2.04. The lowest BCUT2D eigenvalue weighted by molar-refractivity contribution is 0.642. The summed E-state index contributed by atoms with van der Waals surface area (Å²) in [6, 6.07) is 2.03. The van der Waals surface area contributed by atoms with Crippen LogP contribution < -0.4 is 0 Å². The van der Waals surface area contributed by atoms with Crippen LogP contribution in [0.2, 0.25) is 0 Å². The normalized spacial score (nSPS) is 18.9. The summed E-state index contributed by atoms with van der Waals surface area (Å²) in [5, 5.41) is 0. The molecule has 0 unspecified atom stereocenters. The molecule has 0 radical (unpaired) electrons. The minimum absolute atomic E-state index is 0.156. The van der Waals surface area contributed by atoms with Crippen LogP contribution in [0, 0.1) is 0 Å². The van der Waals surface area contributed by atoms with E-state index < -0.39 is 0 Å². The van der Waals surface area contributed by atoms with E-state index in [0.717, 1.165) is 0 Å². The minimum Gasteiger partial charge on any atom is -0.264 e. The number of hydrogen-bond acceptors (Lipinski definition) is 1. The van der Waals surface area contributed by atoms with Crippen molar-refractivity contribution in [3.63, 3.8) is 0 Å². The average molecular weight is 145 g/mol. The van der Waals surface area contributed by atoms with Crippen LogP contribution in [0.1, 0.15) is 25.0 Å². The van der Waals surface area contributed by atoms with Crippen molar-refractivity contribution in [1.82, 2.24) is 4.98 Å². The molecule has 0 amide bonds. The first-order valence-electron chi connectivity index (χ1n) is 3.78. The van der Waals surface area contributed by atoms with Gasteiger partial charge >= 0.3 is 0 Å². The van der Waals surface area contributed by atoms with Crippen LogP contribution in [0.15, 0.2) is 25.0 Å². The van der Waals surface area contributed by atoms with Crippen molar-refractivity contribution < 1.29 is 0 Å². The van der Waals surface area contributed by atoms with Crippen LogP contribution in [0.5, 0.6) is 0 Å². The summed E-state index contributed by atoms with van der Waals surface area (Å²) in [5.74, 6) is 0. The predicted molar refractivity (Wildman–Crippen MR) is 46.3 cm³/mol. The molecule has 0 bridgehead atoms. The van der Waals surface area contributed by atoms with Crippen LogP contribution >= 0.6 is 0 Å². The Bertz CT molecular complexity index is 323. The molecule has 0 N–H and O–H groups in total. The molecule has 0 spiro atoms. The Morgan fingerprint density at radius 1 is 1.45 bits per heavy atom. The molecular weight excluding hydrogens is 134 g/mol. The van der Waals surface area contributed by atoms with Gasteiger partial charge in [-0.3, -0.25) is 4.98 Å². The highest BCUT2D eigenvalue weighted by Gasteiger charge is 2.37. The van der Waals surface area contributed by atoms with Gasteiger partial charge in [0.05, 0.1) is 0 Å². The highest BCUT2D eigenvalue weighted by atomic mass is 14.6. The van der Waals surface area contributed by atoms with E-state index in [4.69, 9.17) is 0 Å². The number of pyridine rings is 1. The number of hydrogen-bond donors (Lipinski definition) is 0. The fourth-order valence-electron chi connectivity index (χ4n) is 1.59. The Morgan fingerprint density at radius 3 is 2.82 bits per heavy atom. The Morgan fingerprint density at radius 2 is 2.18 bits per heavy atom. The maximum atomic E-state index is 4.09. The molecule has 1 heterocycles. The second kappa shape index (κ2) is 1.73. The Kier molecular flexibility index (Phi) is 1.04. The largest absolute Gasteiger partial charge is 0.264 e. The van der Waals surface area contributed by atoms with Gasteiger partial charge in [-0.1, -0.05) is 20.4 Å². The van der Waals surface area contributed by atoms with Crippen molar-refractivity contribution in [2.24, 2.45) is 0 Å². The van der Waals surface area contributed by atoms with Gasteiger partial charge in [0.2, 0.25) is 0 Å². The molecule has 1 aliphatic rings. The molecule has 0 atom stereocenters. The van der Waals surface area contributed by atoms with Crippen LogP contribution in [-0.4, -0.2) is 4.98 Å². The maximum Gasteiger partial charge on any atom is 0.0314 e. The molecule has 0 aromatic carbocycles. The zero-order valence-electron chi connectivity index (χ0n) is 6.89. The molecule has 1 aromatic rings. The van der Waals surface area contributed by atoms with Gasteiger partial charge in [0.15, 0.2) is 0 Å². The summed E-state index contributed by atoms with van der Waals surface area (Å²) >= 11 is 0. The van der Waals surface area contributed by atoms with Gasteiger partial charge in [0, 0.05) is 17.8 Å². The second-order valence-electron chi connectivity index (χ2n) is 3.52. The predicted octanol–water partition coefficient (Wildman–Crippen LogP) is 2.39. The number of allylic oxidation sites excluding steroid dienone is 1. The third kappa shape index (κ3) is 0.630. The highest BCUT2D eigenvalue weighted by Crippen LogP contribution is 2.48. The molecule has 0 fully saturated rings. The topological polar surface area (TPSA) is 12.9 Å². The molecule has 1 aromatic heterocycles. The minimum atomic E-state index is 0.156. The molecule has 56 valence electrons. The summed E-state index contributed by atoms with van der Waals surface area (Å²) < 4.78 is 0. The molecule has 0 aliphatic heterocycles. The first-order chi connectivity index (χ1) is 5.14. The fourth-order valence-corrected chi connectivity index (χ4v) is 1.59. The SMILES string of the molecule is C=C1c2ccncc2C1(C)C. The van der Waals surface area contributed by atoms with E-state index in [9.17, 15) is 0 Å². The van der Waals surface area contributed by atoms with E-state index in [-0.39, 0.29) is 5.41 Å². The van der Waals surface area contributed by atoms with Crippen molar-refractivity contribution >= 4 is 5.57 Å². The Labute approximate surface area is 66.8 Å². The van der Waals surface area contributed by atoms with E-state index >= 15 is 0 Å². The molecule has 1 heteroatoms. The van der Waals surface area contributed by atoms with Crippen molar-refractivity contribution in [1.29, 1.82) is 0 Å². The summed E-state index contributed by atoms with van der Waals surface area (Å²) in [4.78, 5) is 4.09. The van der Waals surface area contributed by atoms with Gasteiger partial charge in [0.25, 0.3) is 0 Å². The molecule has 0 saturated carbocycles. The van der Waals surface area contributed by atoms with Gasteiger partial charge in [0.1, 0.15) is 0 Å². The summed E-state index contributed by atoms with van der Waals surface area (Å²) in [5.41, 5.74) is 3.99. The lowest BCUT2D eigenvalue weighted by atomic mass is 9.64. The zero-order chi connectivity index (χ0) is 8.06. The van der Waals surface area contributed by atoms with Crippen LogP contribution in [0.25, 0.3) is 5.57 Å². The smallest absolute Gasteiger partial charge is 0.0314 e. The fraction of sp³-hybridized carbons (Fsp3) is 0.300. The lowest BCUT2D eigenvalue weighted by Gasteiger charge is -2.40. The van der Waals surface area contributed by atoms with E-state index in [1.54, 1.807) is 0 Å². The summed E-state index contributed by atoms with van der Waals surface area (Å²) in [6.45, 7) is 8.39. The Balaban J connectivity index is 2.65. The first-order valence-corrected chi connectivity index (χ1v) is 3.78.